The zero-order valence-corrected chi connectivity index (χ0v) is 20.8. The first-order valence-corrected chi connectivity index (χ1v) is 12.7. The molecule has 1 aliphatic carbocycles. The second-order valence-electron chi connectivity index (χ2n) is 8.11. The molecule has 0 bridgehead atoms. The number of guanidine groups is 1. The molecule has 3 amide bonds. The normalized spacial score (nSPS) is 14.4. The minimum absolute atomic E-state index is 0.0505. The summed E-state index contributed by atoms with van der Waals surface area (Å²) in [4.78, 5) is 40.2. The molecular weight excluding hydrogens is 488 g/mol. The van der Waals surface area contributed by atoms with Crippen LogP contribution in [0.1, 0.15) is 39.0 Å². The van der Waals surface area contributed by atoms with Gasteiger partial charge in [0.15, 0.2) is 0 Å². The monoisotopic (exact) mass is 516 g/mol. The highest BCUT2D eigenvalue weighted by Crippen LogP contribution is 2.28. The molecule has 1 saturated carbocycles. The van der Waals surface area contributed by atoms with E-state index in [9.17, 15) is 22.8 Å². The summed E-state index contributed by atoms with van der Waals surface area (Å²) in [7, 11) is -3.11. The predicted molar refractivity (Wildman–Crippen MR) is 133 cm³/mol. The van der Waals surface area contributed by atoms with E-state index in [4.69, 9.17) is 4.18 Å². The van der Waals surface area contributed by atoms with Crippen molar-refractivity contribution in [2.45, 2.75) is 43.9 Å². The van der Waals surface area contributed by atoms with E-state index in [-0.39, 0.29) is 33.9 Å². The lowest BCUT2D eigenvalue weighted by Gasteiger charge is -2.19. The number of ether oxygens (including phenoxy) is 1. The van der Waals surface area contributed by atoms with Crippen molar-refractivity contribution in [3.63, 3.8) is 0 Å². The maximum absolute atomic E-state index is 12.9. The summed E-state index contributed by atoms with van der Waals surface area (Å²) in [6.07, 6.45) is 3.35. The number of amides is 3. The summed E-state index contributed by atoms with van der Waals surface area (Å²) in [6, 6.07) is 11.8. The molecule has 3 rings (SSSR count). The Morgan fingerprint density at radius 1 is 0.944 bits per heavy atom. The Morgan fingerprint density at radius 2 is 1.64 bits per heavy atom. The molecule has 1 fully saturated rings. The Bertz CT molecular complexity index is 1240. The Hall–Kier alpha value is -3.93. The van der Waals surface area contributed by atoms with E-state index in [1.165, 1.54) is 37.3 Å². The largest absolute Gasteiger partial charge is 0.453 e. The molecule has 0 spiro atoms. The van der Waals surface area contributed by atoms with Crippen LogP contribution in [0.15, 0.2) is 58.4 Å². The van der Waals surface area contributed by atoms with Crippen LogP contribution in [0, 0.1) is 5.92 Å². The fourth-order valence-electron chi connectivity index (χ4n) is 3.65. The van der Waals surface area contributed by atoms with Crippen LogP contribution in [0.5, 0.6) is 5.75 Å². The average Bonchev–Trinajstić information content (AvgIpc) is 2.85. The lowest BCUT2D eigenvalue weighted by atomic mass is 9.89. The first kappa shape index (κ1) is 26.7. The SMILES string of the molecule is COC(=O)N/C(=N\C(=O)C1CCCCC1)Nc1cc(S(=O)(=O)Oc2ccccc2)ccc1NC(C)=O. The van der Waals surface area contributed by atoms with Gasteiger partial charge < -0.3 is 19.6 Å². The number of benzene rings is 2. The number of alkyl carbamates (subject to hydrolysis) is 1. The number of carbonyl (C=O) groups excluding carboxylic acids is 3. The molecule has 0 aliphatic heterocycles. The fourth-order valence-corrected chi connectivity index (χ4v) is 4.60. The Balaban J connectivity index is 1.96. The molecule has 0 radical (unpaired) electrons. The summed E-state index contributed by atoms with van der Waals surface area (Å²) in [5.74, 6) is -1.29. The molecule has 0 aromatic heterocycles. The summed E-state index contributed by atoms with van der Waals surface area (Å²) >= 11 is 0. The number of carbonyl (C=O) groups is 3. The first-order valence-electron chi connectivity index (χ1n) is 11.3. The third-order valence-electron chi connectivity index (χ3n) is 5.37. The van der Waals surface area contributed by atoms with E-state index in [1.54, 1.807) is 18.2 Å². The molecule has 0 unspecified atom stereocenters. The molecule has 0 atom stereocenters. The number of nitrogens with one attached hydrogen (secondary N) is 3. The van der Waals surface area contributed by atoms with Gasteiger partial charge in [-0.05, 0) is 43.2 Å². The van der Waals surface area contributed by atoms with Gasteiger partial charge in [-0.3, -0.25) is 14.9 Å². The molecule has 1 aliphatic rings. The van der Waals surface area contributed by atoms with Gasteiger partial charge >= 0.3 is 16.2 Å². The van der Waals surface area contributed by atoms with Gasteiger partial charge in [-0.2, -0.15) is 13.4 Å². The summed E-state index contributed by atoms with van der Waals surface area (Å²) in [6.45, 7) is 1.28. The Morgan fingerprint density at radius 3 is 2.28 bits per heavy atom. The van der Waals surface area contributed by atoms with Crippen LogP contribution in [0.25, 0.3) is 0 Å². The maximum Gasteiger partial charge on any atom is 0.413 e. The molecule has 3 N–H and O–H groups in total. The van der Waals surface area contributed by atoms with Crippen LogP contribution in [-0.4, -0.2) is 39.4 Å². The van der Waals surface area contributed by atoms with Gasteiger partial charge in [0.2, 0.25) is 11.9 Å². The van der Waals surface area contributed by atoms with Crippen LogP contribution in [0.3, 0.4) is 0 Å². The lowest BCUT2D eigenvalue weighted by Crippen LogP contribution is -2.37. The summed E-state index contributed by atoms with van der Waals surface area (Å²) in [5.41, 5.74) is 0.236. The number of rotatable bonds is 6. The van der Waals surface area contributed by atoms with Crippen LogP contribution >= 0.6 is 0 Å². The molecule has 2 aromatic carbocycles. The number of hydrogen-bond acceptors (Lipinski definition) is 7. The van der Waals surface area contributed by atoms with Gasteiger partial charge in [0.1, 0.15) is 10.6 Å². The standard InChI is InChI=1S/C24H28N4O7S/c1-16(29)25-20-14-13-19(36(32,33)35-18-11-7-4-8-12-18)15-21(20)26-23(28-24(31)34-2)27-22(30)17-9-5-3-6-10-17/h4,7-8,11-15,17H,3,5-6,9-10H2,1-2H3,(H,25,29)(H2,26,27,28,30,31). The van der Waals surface area contributed by atoms with Crippen molar-refractivity contribution in [1.29, 1.82) is 0 Å². The number of methoxy groups -OCH3 is 1. The fraction of sp³-hybridized carbons (Fsp3) is 0.333. The average molecular weight is 517 g/mol. The molecule has 36 heavy (non-hydrogen) atoms. The first-order chi connectivity index (χ1) is 17.2. The van der Waals surface area contributed by atoms with Gasteiger partial charge in [0.25, 0.3) is 5.91 Å². The van der Waals surface area contributed by atoms with Crippen LogP contribution in [0.2, 0.25) is 0 Å². The van der Waals surface area contributed by atoms with E-state index in [0.29, 0.717) is 12.8 Å². The molecular formula is C24H28N4O7S. The highest BCUT2D eigenvalue weighted by Gasteiger charge is 2.23. The van der Waals surface area contributed by atoms with Crippen molar-refractivity contribution >= 4 is 45.4 Å². The molecule has 0 heterocycles. The third-order valence-corrected chi connectivity index (χ3v) is 6.62. The molecule has 12 heteroatoms. The van der Waals surface area contributed by atoms with Crippen molar-refractivity contribution in [2.75, 3.05) is 17.7 Å². The van der Waals surface area contributed by atoms with Gasteiger partial charge in [-0.15, -0.1) is 0 Å². The smallest absolute Gasteiger partial charge is 0.413 e. The van der Waals surface area contributed by atoms with Crippen molar-refractivity contribution in [3.05, 3.63) is 48.5 Å². The number of para-hydroxylation sites is 1. The summed E-state index contributed by atoms with van der Waals surface area (Å²) < 4.78 is 35.5. The van der Waals surface area contributed by atoms with E-state index in [2.05, 4.69) is 25.7 Å². The number of hydrogen-bond donors (Lipinski definition) is 3. The van der Waals surface area contributed by atoms with Gasteiger partial charge in [-0.25, -0.2) is 4.79 Å². The molecule has 11 nitrogen and oxygen atoms in total. The second kappa shape index (κ2) is 12.2. The van der Waals surface area contributed by atoms with Crippen LogP contribution < -0.4 is 20.1 Å². The third kappa shape index (κ3) is 7.54. The number of anilines is 2. The summed E-state index contributed by atoms with van der Waals surface area (Å²) in [5, 5.41) is 7.64. The van der Waals surface area contributed by atoms with Crippen LogP contribution in [-0.2, 0) is 24.4 Å². The van der Waals surface area contributed by atoms with Gasteiger partial charge in [-0.1, -0.05) is 37.5 Å². The zero-order valence-electron chi connectivity index (χ0n) is 19.9. The van der Waals surface area contributed by atoms with Gasteiger partial charge in [0, 0.05) is 12.8 Å². The topological polar surface area (TPSA) is 152 Å². The Labute approximate surface area is 209 Å². The van der Waals surface area contributed by atoms with Crippen LogP contribution in [0.4, 0.5) is 16.2 Å². The molecule has 2 aromatic rings. The van der Waals surface area contributed by atoms with Crippen molar-refractivity contribution in [2.24, 2.45) is 10.9 Å². The Kier molecular flexibility index (Phi) is 9.01. The van der Waals surface area contributed by atoms with E-state index < -0.39 is 28.0 Å². The minimum Gasteiger partial charge on any atom is -0.453 e. The predicted octanol–water partition coefficient (Wildman–Crippen LogP) is 3.64. The lowest BCUT2D eigenvalue weighted by molar-refractivity contribution is -0.122. The van der Waals surface area contributed by atoms with E-state index in [1.807, 2.05) is 0 Å². The maximum atomic E-state index is 12.9. The minimum atomic E-state index is -4.26. The van der Waals surface area contributed by atoms with Crippen molar-refractivity contribution in [1.82, 2.24) is 5.32 Å². The van der Waals surface area contributed by atoms with Gasteiger partial charge in [0.05, 0.1) is 18.5 Å². The number of aliphatic imine (C=N–C) groups is 1. The quantitative estimate of drug-likeness (QED) is 0.299. The molecule has 192 valence electrons. The highest BCUT2D eigenvalue weighted by atomic mass is 32.2. The van der Waals surface area contributed by atoms with Crippen molar-refractivity contribution in [3.8, 4) is 5.75 Å². The van der Waals surface area contributed by atoms with E-state index >= 15 is 0 Å². The van der Waals surface area contributed by atoms with E-state index in [0.717, 1.165) is 26.4 Å². The highest BCUT2D eigenvalue weighted by molar-refractivity contribution is 7.87. The van der Waals surface area contributed by atoms with Crippen molar-refractivity contribution < 1.29 is 31.7 Å². The molecule has 0 saturated heterocycles. The number of nitrogens with zero attached hydrogens (tertiary/aromatic N) is 1. The zero-order chi connectivity index (χ0) is 26.1. The second-order valence-corrected chi connectivity index (χ2v) is 9.66.